The van der Waals surface area contributed by atoms with E-state index in [0.29, 0.717) is 10.3 Å². The first-order chi connectivity index (χ1) is 11.0. The SMILES string of the molecule is O=S(=O)(NC1C2CCCCC1(/C=C/CO)CC2)c1ccc(Cl)s1. The lowest BCUT2D eigenvalue weighted by Gasteiger charge is -2.33. The van der Waals surface area contributed by atoms with Crippen molar-refractivity contribution in [3.63, 3.8) is 0 Å². The van der Waals surface area contributed by atoms with E-state index in [0.717, 1.165) is 49.9 Å². The summed E-state index contributed by atoms with van der Waals surface area (Å²) in [6.45, 7) is -0.00752. The van der Waals surface area contributed by atoms with E-state index < -0.39 is 10.0 Å². The molecule has 2 bridgehead atoms. The third-order valence-corrected chi connectivity index (χ3v) is 8.35. The molecule has 0 aliphatic heterocycles. The van der Waals surface area contributed by atoms with Crippen LogP contribution in [0.3, 0.4) is 0 Å². The Kier molecular flexibility index (Phi) is 5.18. The van der Waals surface area contributed by atoms with Crippen LogP contribution < -0.4 is 4.72 Å². The molecule has 1 aromatic heterocycles. The Morgan fingerprint density at radius 1 is 1.35 bits per heavy atom. The minimum absolute atomic E-state index is 0.00752. The van der Waals surface area contributed by atoms with Crippen molar-refractivity contribution >= 4 is 33.0 Å². The number of fused-ring (bicyclic) bond motifs is 2. The number of hydrogen-bond donors (Lipinski definition) is 2. The lowest BCUT2D eigenvalue weighted by atomic mass is 9.78. The van der Waals surface area contributed by atoms with Gasteiger partial charge in [-0.15, -0.1) is 11.3 Å². The summed E-state index contributed by atoms with van der Waals surface area (Å²) in [5.41, 5.74) is -0.169. The van der Waals surface area contributed by atoms with E-state index in [4.69, 9.17) is 16.7 Å². The van der Waals surface area contributed by atoms with E-state index in [2.05, 4.69) is 4.72 Å². The van der Waals surface area contributed by atoms with Gasteiger partial charge < -0.3 is 5.11 Å². The molecule has 1 aromatic rings. The smallest absolute Gasteiger partial charge is 0.250 e. The first-order valence-electron chi connectivity index (χ1n) is 8.03. The Labute approximate surface area is 146 Å². The quantitative estimate of drug-likeness (QED) is 0.773. The van der Waals surface area contributed by atoms with Gasteiger partial charge >= 0.3 is 0 Å². The van der Waals surface area contributed by atoms with Gasteiger partial charge in [0.15, 0.2) is 0 Å². The molecule has 0 spiro atoms. The fourth-order valence-electron chi connectivity index (χ4n) is 4.14. The number of hydrogen-bond acceptors (Lipinski definition) is 4. The molecule has 128 valence electrons. The summed E-state index contributed by atoms with van der Waals surface area (Å²) in [7, 11) is -3.56. The van der Waals surface area contributed by atoms with Crippen molar-refractivity contribution in [2.24, 2.45) is 11.3 Å². The third kappa shape index (κ3) is 3.51. The molecule has 2 fully saturated rings. The van der Waals surface area contributed by atoms with Crippen LogP contribution in [0.15, 0.2) is 28.5 Å². The van der Waals surface area contributed by atoms with Crippen LogP contribution in [0.25, 0.3) is 0 Å². The number of nitrogens with one attached hydrogen (secondary N) is 1. The molecular formula is C16H22ClNO3S2. The van der Waals surface area contributed by atoms with Crippen LogP contribution in [0.4, 0.5) is 0 Å². The fraction of sp³-hybridized carbons (Fsp3) is 0.625. The molecular weight excluding hydrogens is 354 g/mol. The van der Waals surface area contributed by atoms with E-state index in [1.54, 1.807) is 18.2 Å². The lowest BCUT2D eigenvalue weighted by molar-refractivity contribution is 0.283. The molecule has 0 aromatic carbocycles. The normalized spacial score (nSPS) is 31.6. The molecule has 0 radical (unpaired) electrons. The molecule has 0 saturated heterocycles. The maximum Gasteiger partial charge on any atom is 0.250 e. The standard InChI is InChI=1S/C16H22ClNO3S2/c17-13-5-6-14(22-13)23(20,21)18-15-12-4-1-2-8-16(15,10-7-12)9-3-11-19/h3,5-6,9,12,15,18-19H,1-2,4,7-8,10-11H2/b9-3+. The van der Waals surface area contributed by atoms with Crippen LogP contribution in [0.5, 0.6) is 0 Å². The predicted octanol–water partition coefficient (Wildman–Crippen LogP) is 3.57. The van der Waals surface area contributed by atoms with Crippen LogP contribution in [-0.4, -0.2) is 26.2 Å². The van der Waals surface area contributed by atoms with Crippen molar-refractivity contribution in [3.8, 4) is 0 Å². The van der Waals surface area contributed by atoms with Crippen molar-refractivity contribution in [2.45, 2.75) is 48.8 Å². The van der Waals surface area contributed by atoms with Crippen LogP contribution >= 0.6 is 22.9 Å². The molecule has 3 unspecified atom stereocenters. The van der Waals surface area contributed by atoms with Gasteiger partial charge in [-0.2, -0.15) is 0 Å². The summed E-state index contributed by atoms with van der Waals surface area (Å²) in [6.07, 6.45) is 10.1. The van der Waals surface area contributed by atoms with E-state index in [-0.39, 0.29) is 22.3 Å². The molecule has 0 amide bonds. The molecule has 4 nitrogen and oxygen atoms in total. The van der Waals surface area contributed by atoms with Crippen LogP contribution in [0, 0.1) is 11.3 Å². The molecule has 1 heterocycles. The Morgan fingerprint density at radius 3 is 2.87 bits per heavy atom. The van der Waals surface area contributed by atoms with Gasteiger partial charge in [0.2, 0.25) is 10.0 Å². The Hall–Kier alpha value is -0.400. The predicted molar refractivity (Wildman–Crippen MR) is 93.3 cm³/mol. The van der Waals surface area contributed by atoms with Crippen LogP contribution in [0.2, 0.25) is 4.34 Å². The monoisotopic (exact) mass is 375 g/mol. The zero-order valence-corrected chi connectivity index (χ0v) is 15.3. The van der Waals surface area contributed by atoms with E-state index in [1.165, 1.54) is 0 Å². The van der Waals surface area contributed by atoms with Crippen molar-refractivity contribution < 1.29 is 13.5 Å². The minimum atomic E-state index is -3.56. The number of thiophene rings is 1. The Balaban J connectivity index is 1.91. The topological polar surface area (TPSA) is 66.4 Å². The highest BCUT2D eigenvalue weighted by atomic mass is 35.5. The number of halogens is 1. The maximum absolute atomic E-state index is 12.7. The van der Waals surface area contributed by atoms with Gasteiger partial charge in [-0.05, 0) is 43.7 Å². The van der Waals surface area contributed by atoms with Gasteiger partial charge in [-0.1, -0.05) is 36.6 Å². The first-order valence-corrected chi connectivity index (χ1v) is 10.7. The summed E-state index contributed by atoms with van der Waals surface area (Å²) in [4.78, 5) is 0. The zero-order valence-electron chi connectivity index (χ0n) is 12.9. The van der Waals surface area contributed by atoms with Crippen LogP contribution in [-0.2, 0) is 10.0 Å². The number of rotatable bonds is 5. The van der Waals surface area contributed by atoms with Gasteiger partial charge in [0.05, 0.1) is 10.9 Å². The van der Waals surface area contributed by atoms with E-state index >= 15 is 0 Å². The number of aliphatic hydroxyl groups is 1. The molecule has 7 heteroatoms. The van der Waals surface area contributed by atoms with E-state index in [9.17, 15) is 8.42 Å². The fourth-order valence-corrected chi connectivity index (χ4v) is 7.03. The maximum atomic E-state index is 12.7. The highest BCUT2D eigenvalue weighted by Gasteiger charge is 2.49. The molecule has 2 aliphatic carbocycles. The summed E-state index contributed by atoms with van der Waals surface area (Å²) in [5.74, 6) is 0.367. The number of aliphatic hydroxyl groups excluding tert-OH is 1. The number of sulfonamides is 1. The lowest BCUT2D eigenvalue weighted by Crippen LogP contribution is -2.46. The molecule has 2 saturated carbocycles. The summed E-state index contributed by atoms with van der Waals surface area (Å²) >= 11 is 6.97. The first kappa shape index (κ1) is 17.4. The summed E-state index contributed by atoms with van der Waals surface area (Å²) in [6, 6.07) is 3.08. The second-order valence-corrected chi connectivity index (χ2v) is 10.2. The Bertz CT molecular complexity index is 685. The van der Waals surface area contributed by atoms with Gasteiger partial charge in [0.1, 0.15) is 4.21 Å². The molecule has 2 aliphatic rings. The van der Waals surface area contributed by atoms with Gasteiger partial charge in [0, 0.05) is 11.5 Å². The third-order valence-electron chi connectivity index (χ3n) is 5.19. The van der Waals surface area contributed by atoms with Crippen molar-refractivity contribution in [1.82, 2.24) is 4.72 Å². The average molecular weight is 376 g/mol. The van der Waals surface area contributed by atoms with Crippen molar-refractivity contribution in [3.05, 3.63) is 28.6 Å². The second kappa shape index (κ2) is 6.84. The average Bonchev–Trinajstić information content (AvgIpc) is 3.01. The van der Waals surface area contributed by atoms with Gasteiger partial charge in [-0.3, -0.25) is 0 Å². The highest BCUT2D eigenvalue weighted by Crippen LogP contribution is 2.51. The van der Waals surface area contributed by atoms with Crippen molar-refractivity contribution in [2.75, 3.05) is 6.61 Å². The zero-order chi connectivity index (χ0) is 16.5. The molecule has 3 atom stereocenters. The largest absolute Gasteiger partial charge is 0.392 e. The van der Waals surface area contributed by atoms with Crippen LogP contribution in [0.1, 0.15) is 38.5 Å². The summed E-state index contributed by atoms with van der Waals surface area (Å²) in [5, 5.41) is 9.15. The van der Waals surface area contributed by atoms with E-state index in [1.807, 2.05) is 6.08 Å². The highest BCUT2D eigenvalue weighted by molar-refractivity contribution is 7.91. The summed E-state index contributed by atoms with van der Waals surface area (Å²) < 4.78 is 29.2. The molecule has 2 N–H and O–H groups in total. The minimum Gasteiger partial charge on any atom is -0.392 e. The molecule has 3 rings (SSSR count). The van der Waals surface area contributed by atoms with Gasteiger partial charge in [-0.25, -0.2) is 13.1 Å². The van der Waals surface area contributed by atoms with Gasteiger partial charge in [0.25, 0.3) is 0 Å². The second-order valence-electron chi connectivity index (χ2n) is 6.52. The molecule has 23 heavy (non-hydrogen) atoms. The Morgan fingerprint density at radius 2 is 2.17 bits per heavy atom. The van der Waals surface area contributed by atoms with Crippen molar-refractivity contribution in [1.29, 1.82) is 0 Å².